The van der Waals surface area contributed by atoms with E-state index in [1.165, 1.54) is 0 Å². The summed E-state index contributed by atoms with van der Waals surface area (Å²) >= 11 is 6.23. The Morgan fingerprint density at radius 1 is 1.00 bits per heavy atom. The number of Topliss-reactive ketones (excluding diaryl/α,β-unsaturated/α-hetero) is 3. The SMILES string of the molecule is O=C1CCCC(=O)C1C(=O)c1ccc(-c2ccncc2)cc1Cl. The van der Waals surface area contributed by atoms with Crippen molar-refractivity contribution in [1.29, 1.82) is 0 Å². The number of rotatable bonds is 3. The first-order valence-electron chi connectivity index (χ1n) is 7.37. The van der Waals surface area contributed by atoms with Crippen molar-refractivity contribution in [3.05, 3.63) is 53.3 Å². The van der Waals surface area contributed by atoms with Crippen LogP contribution in [-0.4, -0.2) is 22.3 Å². The number of pyridine rings is 1. The molecule has 23 heavy (non-hydrogen) atoms. The molecule has 0 N–H and O–H groups in total. The van der Waals surface area contributed by atoms with Gasteiger partial charge in [0, 0.05) is 30.8 Å². The second-order valence-electron chi connectivity index (χ2n) is 5.51. The zero-order valence-electron chi connectivity index (χ0n) is 12.3. The lowest BCUT2D eigenvalue weighted by Gasteiger charge is -2.18. The van der Waals surface area contributed by atoms with Gasteiger partial charge in [-0.3, -0.25) is 19.4 Å². The first-order valence-corrected chi connectivity index (χ1v) is 7.75. The Labute approximate surface area is 138 Å². The summed E-state index contributed by atoms with van der Waals surface area (Å²) in [4.78, 5) is 40.4. The summed E-state index contributed by atoms with van der Waals surface area (Å²) in [7, 11) is 0. The summed E-state index contributed by atoms with van der Waals surface area (Å²) in [6.07, 6.45) is 4.41. The lowest BCUT2D eigenvalue weighted by Crippen LogP contribution is -2.35. The van der Waals surface area contributed by atoms with Gasteiger partial charge in [0.2, 0.25) is 0 Å². The second kappa shape index (κ2) is 6.42. The zero-order valence-corrected chi connectivity index (χ0v) is 13.0. The minimum absolute atomic E-state index is 0.220. The zero-order chi connectivity index (χ0) is 16.4. The van der Waals surface area contributed by atoms with Gasteiger partial charge in [0.15, 0.2) is 17.3 Å². The van der Waals surface area contributed by atoms with Crippen molar-refractivity contribution in [2.45, 2.75) is 19.3 Å². The van der Waals surface area contributed by atoms with Crippen LogP contribution in [-0.2, 0) is 9.59 Å². The first-order chi connectivity index (χ1) is 11.1. The van der Waals surface area contributed by atoms with Crippen LogP contribution in [0.15, 0.2) is 42.7 Å². The Morgan fingerprint density at radius 2 is 1.65 bits per heavy atom. The van der Waals surface area contributed by atoms with E-state index in [1.807, 2.05) is 12.1 Å². The van der Waals surface area contributed by atoms with Crippen LogP contribution in [0.4, 0.5) is 0 Å². The molecule has 0 amide bonds. The van der Waals surface area contributed by atoms with Crippen molar-refractivity contribution in [1.82, 2.24) is 4.98 Å². The molecule has 0 unspecified atom stereocenters. The summed E-state index contributed by atoms with van der Waals surface area (Å²) < 4.78 is 0. The van der Waals surface area contributed by atoms with Gasteiger partial charge in [-0.15, -0.1) is 0 Å². The third-order valence-corrected chi connectivity index (χ3v) is 4.31. The van der Waals surface area contributed by atoms with E-state index >= 15 is 0 Å². The highest BCUT2D eigenvalue weighted by Gasteiger charge is 2.37. The van der Waals surface area contributed by atoms with Crippen LogP contribution in [0.2, 0.25) is 5.02 Å². The average molecular weight is 328 g/mol. The molecule has 0 radical (unpaired) electrons. The molecule has 1 saturated carbocycles. The van der Waals surface area contributed by atoms with Gasteiger partial charge >= 0.3 is 0 Å². The molecule has 0 saturated heterocycles. The van der Waals surface area contributed by atoms with Crippen molar-refractivity contribution in [2.75, 3.05) is 0 Å². The predicted molar refractivity (Wildman–Crippen MR) is 86.4 cm³/mol. The molecule has 3 rings (SSSR count). The molecule has 1 heterocycles. The minimum atomic E-state index is -1.19. The maximum absolute atomic E-state index is 12.6. The molecular weight excluding hydrogens is 314 g/mol. The molecule has 1 aliphatic carbocycles. The quantitative estimate of drug-likeness (QED) is 0.639. The molecule has 0 bridgehead atoms. The van der Waals surface area contributed by atoms with Crippen LogP contribution in [0.1, 0.15) is 29.6 Å². The van der Waals surface area contributed by atoms with Crippen molar-refractivity contribution >= 4 is 29.0 Å². The Hall–Kier alpha value is -2.33. The van der Waals surface area contributed by atoms with Crippen molar-refractivity contribution in [2.24, 2.45) is 5.92 Å². The molecule has 2 aromatic rings. The van der Waals surface area contributed by atoms with Gasteiger partial charge in [-0.25, -0.2) is 0 Å². The summed E-state index contributed by atoms with van der Waals surface area (Å²) in [5.74, 6) is -2.29. The molecular formula is C18H14ClNO3. The van der Waals surface area contributed by atoms with E-state index in [9.17, 15) is 14.4 Å². The van der Waals surface area contributed by atoms with Gasteiger partial charge in [0.05, 0.1) is 5.02 Å². The topological polar surface area (TPSA) is 64.1 Å². The number of hydrogen-bond acceptors (Lipinski definition) is 4. The van der Waals surface area contributed by atoms with E-state index in [0.29, 0.717) is 6.42 Å². The van der Waals surface area contributed by atoms with E-state index < -0.39 is 11.7 Å². The lowest BCUT2D eigenvalue weighted by atomic mass is 9.81. The second-order valence-corrected chi connectivity index (χ2v) is 5.92. The third-order valence-electron chi connectivity index (χ3n) is 4.00. The number of halogens is 1. The van der Waals surface area contributed by atoms with Crippen molar-refractivity contribution in [3.8, 4) is 11.1 Å². The molecule has 1 aromatic heterocycles. The molecule has 1 fully saturated rings. The largest absolute Gasteiger partial charge is 0.298 e. The molecule has 5 heteroatoms. The Balaban J connectivity index is 1.93. The van der Waals surface area contributed by atoms with Crippen LogP contribution in [0, 0.1) is 5.92 Å². The summed E-state index contributed by atoms with van der Waals surface area (Å²) in [6, 6.07) is 8.67. The van der Waals surface area contributed by atoms with Gasteiger partial charge in [-0.1, -0.05) is 17.7 Å². The van der Waals surface area contributed by atoms with E-state index in [2.05, 4.69) is 4.98 Å². The monoisotopic (exact) mass is 327 g/mol. The molecule has 1 aliphatic rings. The molecule has 0 aliphatic heterocycles. The first kappa shape index (κ1) is 15.6. The van der Waals surface area contributed by atoms with Crippen molar-refractivity contribution < 1.29 is 14.4 Å². The van der Waals surface area contributed by atoms with E-state index in [4.69, 9.17) is 11.6 Å². The van der Waals surface area contributed by atoms with Gasteiger partial charge in [-0.2, -0.15) is 0 Å². The Bertz CT molecular complexity index is 770. The highest BCUT2D eigenvalue weighted by atomic mass is 35.5. The van der Waals surface area contributed by atoms with Gasteiger partial charge in [0.25, 0.3) is 0 Å². The van der Waals surface area contributed by atoms with E-state index in [0.717, 1.165) is 11.1 Å². The molecule has 116 valence electrons. The number of benzene rings is 1. The number of carbonyl (C=O) groups is 3. The average Bonchev–Trinajstić information content (AvgIpc) is 2.55. The van der Waals surface area contributed by atoms with Gasteiger partial charge < -0.3 is 0 Å². The number of hydrogen-bond donors (Lipinski definition) is 0. The Kier molecular flexibility index (Phi) is 4.35. The maximum atomic E-state index is 12.6. The van der Waals surface area contributed by atoms with E-state index in [-0.39, 0.29) is 35.0 Å². The fraction of sp³-hybridized carbons (Fsp3) is 0.222. The highest BCUT2D eigenvalue weighted by molar-refractivity contribution is 6.36. The molecule has 4 nitrogen and oxygen atoms in total. The molecule has 0 atom stereocenters. The molecule has 0 spiro atoms. The Morgan fingerprint density at radius 3 is 2.26 bits per heavy atom. The van der Waals surface area contributed by atoms with Crippen LogP contribution in [0.5, 0.6) is 0 Å². The number of ketones is 3. The van der Waals surface area contributed by atoms with Crippen LogP contribution in [0.25, 0.3) is 11.1 Å². The summed E-state index contributed by atoms with van der Waals surface area (Å²) in [5, 5.41) is 0.246. The van der Waals surface area contributed by atoms with Gasteiger partial charge in [-0.05, 0) is 41.8 Å². The number of aromatic nitrogens is 1. The number of carbonyl (C=O) groups excluding carboxylic acids is 3. The smallest absolute Gasteiger partial charge is 0.182 e. The maximum Gasteiger partial charge on any atom is 0.182 e. The predicted octanol–water partition coefficient (Wildman–Crippen LogP) is 3.52. The lowest BCUT2D eigenvalue weighted by molar-refractivity contribution is -0.133. The summed E-state index contributed by atoms with van der Waals surface area (Å²) in [6.45, 7) is 0. The van der Waals surface area contributed by atoms with E-state index in [1.54, 1.807) is 30.6 Å². The van der Waals surface area contributed by atoms with Crippen LogP contribution < -0.4 is 0 Å². The van der Waals surface area contributed by atoms with Crippen LogP contribution >= 0.6 is 11.6 Å². The normalized spacial score (nSPS) is 15.7. The fourth-order valence-corrected chi connectivity index (χ4v) is 3.07. The fourth-order valence-electron chi connectivity index (χ4n) is 2.79. The van der Waals surface area contributed by atoms with Crippen LogP contribution in [0.3, 0.4) is 0 Å². The standard InChI is InChI=1S/C18H14ClNO3/c19-14-10-12(11-6-8-20-9-7-11)4-5-13(14)18(23)17-15(21)2-1-3-16(17)22/h4-10,17H,1-3H2. The molecule has 1 aromatic carbocycles. The third kappa shape index (κ3) is 3.08. The van der Waals surface area contributed by atoms with Crippen molar-refractivity contribution in [3.63, 3.8) is 0 Å². The number of nitrogens with zero attached hydrogens (tertiary/aromatic N) is 1. The minimum Gasteiger partial charge on any atom is -0.298 e. The highest BCUT2D eigenvalue weighted by Crippen LogP contribution is 2.29. The summed E-state index contributed by atoms with van der Waals surface area (Å²) in [5.41, 5.74) is 1.99. The van der Waals surface area contributed by atoms with Gasteiger partial charge in [0.1, 0.15) is 5.92 Å².